The van der Waals surface area contributed by atoms with E-state index < -0.39 is 0 Å². The second-order valence-corrected chi connectivity index (χ2v) is 8.93. The fourth-order valence-electron chi connectivity index (χ4n) is 3.64. The minimum atomic E-state index is -0.139. The van der Waals surface area contributed by atoms with E-state index in [4.69, 9.17) is 23.2 Å². The average molecular weight is 462 g/mol. The summed E-state index contributed by atoms with van der Waals surface area (Å²) in [5, 5.41) is 13.3. The SMILES string of the molecule is O=C(CSc1nnc(-c2cccnc2)n1C1CCCCC1)Nc1ccc(Cl)c(Cl)c1. The maximum Gasteiger partial charge on any atom is 0.234 e. The lowest BCUT2D eigenvalue weighted by Gasteiger charge is -2.25. The van der Waals surface area contributed by atoms with Crippen molar-refractivity contribution in [2.24, 2.45) is 0 Å². The lowest BCUT2D eigenvalue weighted by Crippen LogP contribution is -2.17. The molecule has 1 N–H and O–H groups in total. The topological polar surface area (TPSA) is 72.7 Å². The summed E-state index contributed by atoms with van der Waals surface area (Å²) in [4.78, 5) is 16.7. The number of halogens is 2. The van der Waals surface area contributed by atoms with Crippen LogP contribution in [-0.4, -0.2) is 31.4 Å². The van der Waals surface area contributed by atoms with Gasteiger partial charge in [0.05, 0.1) is 15.8 Å². The number of carbonyl (C=O) groups is 1. The predicted octanol–water partition coefficient (Wildman–Crippen LogP) is 5.88. The summed E-state index contributed by atoms with van der Waals surface area (Å²) >= 11 is 13.3. The minimum absolute atomic E-state index is 0.139. The number of benzene rings is 1. The van der Waals surface area contributed by atoms with Crippen molar-refractivity contribution in [1.29, 1.82) is 0 Å². The Morgan fingerprint density at radius 3 is 2.70 bits per heavy atom. The number of anilines is 1. The summed E-state index contributed by atoms with van der Waals surface area (Å²) in [6.07, 6.45) is 9.37. The van der Waals surface area contributed by atoms with Gasteiger partial charge >= 0.3 is 0 Å². The van der Waals surface area contributed by atoms with Crippen LogP contribution in [-0.2, 0) is 4.79 Å². The molecule has 0 unspecified atom stereocenters. The summed E-state index contributed by atoms with van der Waals surface area (Å²) in [6, 6.07) is 9.24. The van der Waals surface area contributed by atoms with Gasteiger partial charge in [0, 0.05) is 29.7 Å². The molecule has 30 heavy (non-hydrogen) atoms. The maximum atomic E-state index is 12.5. The molecule has 0 bridgehead atoms. The molecule has 0 radical (unpaired) electrons. The molecule has 4 rings (SSSR count). The molecule has 6 nitrogen and oxygen atoms in total. The number of amides is 1. The zero-order valence-corrected chi connectivity index (χ0v) is 18.6. The van der Waals surface area contributed by atoms with Crippen molar-refractivity contribution in [3.63, 3.8) is 0 Å². The molecule has 2 aromatic heterocycles. The Morgan fingerprint density at radius 2 is 1.97 bits per heavy atom. The number of carbonyl (C=O) groups excluding carboxylic acids is 1. The summed E-state index contributed by atoms with van der Waals surface area (Å²) in [5.74, 6) is 0.889. The highest BCUT2D eigenvalue weighted by Gasteiger charge is 2.24. The highest BCUT2D eigenvalue weighted by Crippen LogP contribution is 2.35. The first-order valence-electron chi connectivity index (χ1n) is 9.85. The number of hydrogen-bond donors (Lipinski definition) is 1. The van der Waals surface area contributed by atoms with Gasteiger partial charge in [-0.05, 0) is 43.2 Å². The number of thioether (sulfide) groups is 1. The molecule has 156 valence electrons. The first-order valence-corrected chi connectivity index (χ1v) is 11.6. The molecule has 1 aliphatic carbocycles. The first kappa shape index (κ1) is 21.2. The quantitative estimate of drug-likeness (QED) is 0.463. The molecule has 1 aliphatic rings. The molecule has 0 atom stereocenters. The van der Waals surface area contributed by atoms with Crippen molar-refractivity contribution in [2.45, 2.75) is 43.3 Å². The zero-order chi connectivity index (χ0) is 20.9. The van der Waals surface area contributed by atoms with Crippen LogP contribution in [0.1, 0.15) is 38.1 Å². The Hall–Kier alpha value is -2.09. The van der Waals surface area contributed by atoms with E-state index in [1.165, 1.54) is 31.0 Å². The van der Waals surface area contributed by atoms with Crippen molar-refractivity contribution in [3.8, 4) is 11.4 Å². The van der Waals surface area contributed by atoms with Crippen molar-refractivity contribution in [2.75, 3.05) is 11.1 Å². The van der Waals surface area contributed by atoms with Crippen molar-refractivity contribution < 1.29 is 4.79 Å². The number of nitrogens with zero attached hydrogens (tertiary/aromatic N) is 4. The van der Waals surface area contributed by atoms with Gasteiger partial charge in [-0.3, -0.25) is 14.3 Å². The van der Waals surface area contributed by atoms with Crippen LogP contribution in [0.25, 0.3) is 11.4 Å². The van der Waals surface area contributed by atoms with Crippen LogP contribution in [0.2, 0.25) is 10.0 Å². The van der Waals surface area contributed by atoms with Crippen LogP contribution < -0.4 is 5.32 Å². The zero-order valence-electron chi connectivity index (χ0n) is 16.2. The van der Waals surface area contributed by atoms with Crippen molar-refractivity contribution >= 4 is 46.6 Å². The molecule has 1 amide bonds. The van der Waals surface area contributed by atoms with E-state index in [1.807, 2.05) is 12.1 Å². The third kappa shape index (κ3) is 4.96. The van der Waals surface area contributed by atoms with E-state index in [9.17, 15) is 4.79 Å². The highest BCUT2D eigenvalue weighted by atomic mass is 35.5. The maximum absolute atomic E-state index is 12.5. The molecule has 0 spiro atoms. The molecule has 9 heteroatoms. The second-order valence-electron chi connectivity index (χ2n) is 7.18. The lowest BCUT2D eigenvalue weighted by atomic mass is 9.95. The predicted molar refractivity (Wildman–Crippen MR) is 121 cm³/mol. The van der Waals surface area contributed by atoms with Gasteiger partial charge in [-0.25, -0.2) is 0 Å². The smallest absolute Gasteiger partial charge is 0.234 e. The standard InChI is InChI=1S/C21H21Cl2N5OS/c22-17-9-8-15(11-18(17)23)25-19(29)13-30-21-27-26-20(14-5-4-10-24-12-14)28(21)16-6-2-1-3-7-16/h4-5,8-12,16H,1-3,6-7,13H2,(H,25,29). The number of pyridine rings is 1. The van der Waals surface area contributed by atoms with Gasteiger partial charge in [0.15, 0.2) is 11.0 Å². The fraction of sp³-hybridized carbons (Fsp3) is 0.333. The third-order valence-electron chi connectivity index (χ3n) is 5.06. The molecular formula is C21H21Cl2N5OS. The summed E-state index contributed by atoms with van der Waals surface area (Å²) in [5.41, 5.74) is 1.54. The van der Waals surface area contributed by atoms with Crippen molar-refractivity contribution in [1.82, 2.24) is 19.7 Å². The van der Waals surface area contributed by atoms with Gasteiger partial charge in [-0.2, -0.15) is 0 Å². The normalized spacial score (nSPS) is 14.6. The Kier molecular flexibility index (Phi) is 6.92. The van der Waals surface area contributed by atoms with Crippen LogP contribution in [0, 0.1) is 0 Å². The Balaban J connectivity index is 1.51. The molecule has 2 heterocycles. The number of rotatable bonds is 6. The van der Waals surface area contributed by atoms with Crippen LogP contribution in [0.5, 0.6) is 0 Å². The van der Waals surface area contributed by atoms with E-state index in [0.29, 0.717) is 21.8 Å². The van der Waals surface area contributed by atoms with Gasteiger partial charge in [-0.1, -0.05) is 54.2 Å². The molecular weight excluding hydrogens is 441 g/mol. The third-order valence-corrected chi connectivity index (χ3v) is 6.74. The second kappa shape index (κ2) is 9.81. The van der Waals surface area contributed by atoms with Crippen LogP contribution >= 0.6 is 35.0 Å². The van der Waals surface area contributed by atoms with Crippen molar-refractivity contribution in [3.05, 3.63) is 52.8 Å². The molecule has 0 aliphatic heterocycles. The number of aromatic nitrogens is 4. The fourth-order valence-corrected chi connectivity index (χ4v) is 4.74. The monoisotopic (exact) mass is 461 g/mol. The molecule has 3 aromatic rings. The largest absolute Gasteiger partial charge is 0.325 e. The Labute approximate surface area is 189 Å². The van der Waals surface area contributed by atoms with E-state index in [2.05, 4.69) is 25.1 Å². The number of nitrogens with one attached hydrogen (secondary N) is 1. The van der Waals surface area contributed by atoms with Crippen LogP contribution in [0.15, 0.2) is 47.9 Å². The van der Waals surface area contributed by atoms with Gasteiger partial charge in [0.1, 0.15) is 0 Å². The van der Waals surface area contributed by atoms with E-state index >= 15 is 0 Å². The van der Waals surface area contributed by atoms with Gasteiger partial charge < -0.3 is 5.32 Å². The van der Waals surface area contributed by atoms with Crippen LogP contribution in [0.3, 0.4) is 0 Å². The Morgan fingerprint density at radius 1 is 1.13 bits per heavy atom. The van der Waals surface area contributed by atoms with Gasteiger partial charge in [0.25, 0.3) is 0 Å². The summed E-state index contributed by atoms with van der Waals surface area (Å²) < 4.78 is 2.19. The molecule has 1 fully saturated rings. The van der Waals surface area contributed by atoms with E-state index in [-0.39, 0.29) is 11.7 Å². The highest BCUT2D eigenvalue weighted by molar-refractivity contribution is 7.99. The molecule has 1 saturated carbocycles. The lowest BCUT2D eigenvalue weighted by molar-refractivity contribution is -0.113. The minimum Gasteiger partial charge on any atom is -0.325 e. The van der Waals surface area contributed by atoms with Gasteiger partial charge in [-0.15, -0.1) is 10.2 Å². The summed E-state index contributed by atoms with van der Waals surface area (Å²) in [6.45, 7) is 0. The van der Waals surface area contributed by atoms with E-state index in [0.717, 1.165) is 29.4 Å². The average Bonchev–Trinajstić information content (AvgIpc) is 3.20. The van der Waals surface area contributed by atoms with Gasteiger partial charge in [0.2, 0.25) is 5.91 Å². The number of hydrogen-bond acceptors (Lipinski definition) is 5. The molecule has 1 aromatic carbocycles. The first-order chi connectivity index (χ1) is 14.6. The summed E-state index contributed by atoms with van der Waals surface area (Å²) in [7, 11) is 0. The Bertz CT molecular complexity index is 1020. The van der Waals surface area contributed by atoms with E-state index in [1.54, 1.807) is 30.6 Å². The van der Waals surface area contributed by atoms with Crippen LogP contribution in [0.4, 0.5) is 5.69 Å². The molecule has 0 saturated heterocycles.